The molecule has 0 aromatic carbocycles. The van der Waals surface area contributed by atoms with Crippen molar-refractivity contribution in [2.75, 3.05) is 13.1 Å². The van der Waals surface area contributed by atoms with E-state index in [0.717, 1.165) is 18.8 Å². The van der Waals surface area contributed by atoms with Crippen LogP contribution in [0.2, 0.25) is 0 Å². The predicted molar refractivity (Wildman–Crippen MR) is 71.2 cm³/mol. The quantitative estimate of drug-likeness (QED) is 0.613. The summed E-state index contributed by atoms with van der Waals surface area (Å²) in [4.78, 5) is 3.99. The van der Waals surface area contributed by atoms with Gasteiger partial charge in [0, 0.05) is 12.6 Å². The first-order chi connectivity index (χ1) is 8.90. The molecule has 3 nitrogen and oxygen atoms in total. The number of nitrogens with one attached hydrogen (secondary N) is 2. The van der Waals surface area contributed by atoms with E-state index in [1.165, 1.54) is 12.8 Å². The molecule has 19 heavy (non-hydrogen) atoms. The molecule has 1 rings (SSSR count). The number of nitrogens with zero attached hydrogens (tertiary/aromatic N) is 1. The molecular formula is C13H24F3N3. The van der Waals surface area contributed by atoms with Crippen LogP contribution in [0.4, 0.5) is 13.2 Å². The van der Waals surface area contributed by atoms with Crippen LogP contribution in [0.15, 0.2) is 4.99 Å². The van der Waals surface area contributed by atoms with E-state index in [9.17, 15) is 13.2 Å². The smallest absolute Gasteiger partial charge is 0.357 e. The molecule has 0 bridgehead atoms. The number of guanidine groups is 1. The average molecular weight is 279 g/mol. The minimum atomic E-state index is -4.14. The highest BCUT2D eigenvalue weighted by Crippen LogP contribution is 2.23. The summed E-state index contributed by atoms with van der Waals surface area (Å²) in [5.74, 6) is 1.26. The maximum absolute atomic E-state index is 12.1. The number of aliphatic imine (C=N–C) groups is 1. The molecule has 2 N–H and O–H groups in total. The minimum Gasteiger partial charge on any atom is -0.357 e. The highest BCUT2D eigenvalue weighted by molar-refractivity contribution is 5.80. The Morgan fingerprint density at radius 2 is 1.84 bits per heavy atom. The molecule has 0 amide bonds. The summed E-state index contributed by atoms with van der Waals surface area (Å²) < 4.78 is 36.3. The third kappa shape index (κ3) is 7.28. The molecule has 0 unspecified atom stereocenters. The van der Waals surface area contributed by atoms with Gasteiger partial charge < -0.3 is 10.6 Å². The fourth-order valence-electron chi connectivity index (χ4n) is 2.21. The van der Waals surface area contributed by atoms with Gasteiger partial charge in [0.1, 0.15) is 0 Å². The number of alkyl halides is 3. The highest BCUT2D eigenvalue weighted by atomic mass is 19.4. The first kappa shape index (κ1) is 16.1. The van der Waals surface area contributed by atoms with Crippen LogP contribution in [-0.4, -0.2) is 31.3 Å². The van der Waals surface area contributed by atoms with Crippen LogP contribution in [0, 0.1) is 5.92 Å². The fourth-order valence-corrected chi connectivity index (χ4v) is 2.21. The zero-order chi connectivity index (χ0) is 14.3. The number of rotatable bonds is 4. The zero-order valence-electron chi connectivity index (χ0n) is 11.7. The van der Waals surface area contributed by atoms with E-state index in [0.29, 0.717) is 18.5 Å². The minimum absolute atomic E-state index is 0.220. The Morgan fingerprint density at radius 3 is 2.37 bits per heavy atom. The molecule has 0 aromatic rings. The molecule has 0 radical (unpaired) electrons. The molecule has 0 atom stereocenters. The highest BCUT2D eigenvalue weighted by Gasteiger charge is 2.26. The van der Waals surface area contributed by atoms with Gasteiger partial charge in [-0.05, 0) is 38.5 Å². The van der Waals surface area contributed by atoms with Crippen molar-refractivity contribution in [2.45, 2.75) is 58.2 Å². The predicted octanol–water partition coefficient (Wildman–Crippen LogP) is 3.07. The van der Waals surface area contributed by atoms with Gasteiger partial charge in [0.2, 0.25) is 0 Å². The Bertz CT molecular complexity index is 281. The Kier molecular flexibility index (Phi) is 6.45. The van der Waals surface area contributed by atoms with E-state index in [1.807, 2.05) is 6.92 Å². The largest absolute Gasteiger partial charge is 0.390 e. The Labute approximate surface area is 113 Å². The normalized spacial score (nSPS) is 25.2. The molecule has 1 fully saturated rings. The summed E-state index contributed by atoms with van der Waals surface area (Å²) in [6.07, 6.45) is -0.554. The molecule has 1 saturated carbocycles. The van der Waals surface area contributed by atoms with Gasteiger partial charge in [-0.1, -0.05) is 6.92 Å². The standard InChI is InChI=1S/C13H24F3N3/c1-3-17-12(18-9-8-13(14,15)16)19-11-6-4-10(2)5-7-11/h10-11H,3-9H2,1-2H3,(H2,17,18,19). The molecule has 1 aliphatic rings. The van der Waals surface area contributed by atoms with Gasteiger partial charge in [-0.15, -0.1) is 0 Å². The third-order valence-electron chi connectivity index (χ3n) is 3.37. The topological polar surface area (TPSA) is 36.4 Å². The van der Waals surface area contributed by atoms with Crippen LogP contribution in [0.3, 0.4) is 0 Å². The molecule has 0 aliphatic heterocycles. The molecule has 0 saturated heterocycles. The summed E-state index contributed by atoms with van der Waals surface area (Å²) in [5, 5.41) is 6.23. The monoisotopic (exact) mass is 279 g/mol. The summed E-state index contributed by atoms with van der Waals surface area (Å²) in [6, 6.07) is 0.333. The van der Waals surface area contributed by atoms with Gasteiger partial charge in [0.25, 0.3) is 0 Å². The Balaban J connectivity index is 2.41. The lowest BCUT2D eigenvalue weighted by molar-refractivity contribution is -0.132. The van der Waals surface area contributed by atoms with Crippen molar-refractivity contribution in [1.29, 1.82) is 0 Å². The average Bonchev–Trinajstić information content (AvgIpc) is 2.30. The Morgan fingerprint density at radius 1 is 1.21 bits per heavy atom. The van der Waals surface area contributed by atoms with Crippen LogP contribution in [0.25, 0.3) is 0 Å². The van der Waals surface area contributed by atoms with Crippen molar-refractivity contribution in [3.05, 3.63) is 0 Å². The number of halogens is 3. The summed E-state index contributed by atoms with van der Waals surface area (Å²) in [5.41, 5.74) is 0. The molecule has 0 heterocycles. The van der Waals surface area contributed by atoms with E-state index in [4.69, 9.17) is 0 Å². The molecule has 0 aromatic heterocycles. The van der Waals surface area contributed by atoms with Crippen LogP contribution in [-0.2, 0) is 0 Å². The van der Waals surface area contributed by atoms with Gasteiger partial charge in [0.05, 0.1) is 13.0 Å². The van der Waals surface area contributed by atoms with E-state index in [-0.39, 0.29) is 6.54 Å². The molecule has 1 aliphatic carbocycles. The molecular weight excluding hydrogens is 255 g/mol. The van der Waals surface area contributed by atoms with Gasteiger partial charge in [-0.2, -0.15) is 13.2 Å². The van der Waals surface area contributed by atoms with Crippen molar-refractivity contribution < 1.29 is 13.2 Å². The molecule has 6 heteroatoms. The maximum Gasteiger partial charge on any atom is 0.390 e. The van der Waals surface area contributed by atoms with Gasteiger partial charge >= 0.3 is 6.18 Å². The third-order valence-corrected chi connectivity index (χ3v) is 3.37. The lowest BCUT2D eigenvalue weighted by Gasteiger charge is -2.28. The van der Waals surface area contributed by atoms with Crippen molar-refractivity contribution in [3.63, 3.8) is 0 Å². The SMILES string of the molecule is CCNC(=NCCC(F)(F)F)NC1CCC(C)CC1. The van der Waals surface area contributed by atoms with Crippen LogP contribution < -0.4 is 10.6 Å². The van der Waals surface area contributed by atoms with E-state index in [1.54, 1.807) is 0 Å². The number of hydrogen-bond donors (Lipinski definition) is 2. The van der Waals surface area contributed by atoms with Crippen molar-refractivity contribution in [3.8, 4) is 0 Å². The first-order valence-corrected chi connectivity index (χ1v) is 7.02. The summed E-state index contributed by atoms with van der Waals surface area (Å²) >= 11 is 0. The zero-order valence-corrected chi connectivity index (χ0v) is 11.7. The van der Waals surface area contributed by atoms with Crippen molar-refractivity contribution >= 4 is 5.96 Å². The lowest BCUT2D eigenvalue weighted by atomic mass is 9.87. The van der Waals surface area contributed by atoms with Crippen molar-refractivity contribution in [2.24, 2.45) is 10.9 Å². The van der Waals surface area contributed by atoms with Crippen LogP contribution in [0.1, 0.15) is 46.0 Å². The van der Waals surface area contributed by atoms with Crippen molar-refractivity contribution in [1.82, 2.24) is 10.6 Å². The maximum atomic E-state index is 12.1. The summed E-state index contributed by atoms with van der Waals surface area (Å²) in [6.45, 7) is 4.58. The van der Waals surface area contributed by atoms with Crippen LogP contribution >= 0.6 is 0 Å². The van der Waals surface area contributed by atoms with Gasteiger partial charge in [-0.3, -0.25) is 4.99 Å². The molecule has 112 valence electrons. The fraction of sp³-hybridized carbons (Fsp3) is 0.923. The first-order valence-electron chi connectivity index (χ1n) is 7.02. The second-order valence-electron chi connectivity index (χ2n) is 5.23. The van der Waals surface area contributed by atoms with E-state index < -0.39 is 12.6 Å². The van der Waals surface area contributed by atoms with E-state index >= 15 is 0 Å². The second-order valence-corrected chi connectivity index (χ2v) is 5.23. The van der Waals surface area contributed by atoms with Gasteiger partial charge in [-0.25, -0.2) is 0 Å². The molecule has 0 spiro atoms. The number of hydrogen-bond acceptors (Lipinski definition) is 1. The summed E-state index contributed by atoms with van der Waals surface area (Å²) in [7, 11) is 0. The second kappa shape index (κ2) is 7.60. The Hall–Kier alpha value is -0.940. The van der Waals surface area contributed by atoms with E-state index in [2.05, 4.69) is 22.5 Å². The lowest BCUT2D eigenvalue weighted by Crippen LogP contribution is -2.44. The van der Waals surface area contributed by atoms with Gasteiger partial charge in [0.15, 0.2) is 5.96 Å². The van der Waals surface area contributed by atoms with Crippen LogP contribution in [0.5, 0.6) is 0 Å².